The van der Waals surface area contributed by atoms with Crippen LogP contribution in [0.2, 0.25) is 13.1 Å². The molecule has 0 spiro atoms. The van der Waals surface area contributed by atoms with E-state index in [-0.39, 0.29) is 0 Å². The van der Waals surface area contributed by atoms with Gasteiger partial charge in [0.25, 0.3) is 0 Å². The standard InChI is InChI=1S/C11H20NSi/c1-4-5-10-12-13(2,3)11-8-6-7-9-11/h6-9,12H,4-5,10H2,1-3H3. The lowest BCUT2D eigenvalue weighted by molar-refractivity contribution is 0.754. The van der Waals surface area contributed by atoms with Gasteiger partial charge in [-0.05, 0) is 44.2 Å². The summed E-state index contributed by atoms with van der Waals surface area (Å²) in [5, 5.41) is 0. The SMILES string of the molecule is CCCCN[Si](C)(C)[C]1[CH][CH][CH][CH]1. The van der Waals surface area contributed by atoms with E-state index in [1.807, 2.05) is 0 Å². The summed E-state index contributed by atoms with van der Waals surface area (Å²) < 4.78 is 0. The van der Waals surface area contributed by atoms with E-state index in [1.165, 1.54) is 24.9 Å². The average Bonchev–Trinajstić information content (AvgIpc) is 2.56. The second-order valence-corrected chi connectivity index (χ2v) is 8.26. The lowest BCUT2D eigenvalue weighted by atomic mass is 10.3. The van der Waals surface area contributed by atoms with Gasteiger partial charge in [-0.25, -0.2) is 0 Å². The van der Waals surface area contributed by atoms with E-state index in [2.05, 4.69) is 50.7 Å². The van der Waals surface area contributed by atoms with E-state index in [4.69, 9.17) is 0 Å². The smallest absolute Gasteiger partial charge is 0.126 e. The molecule has 0 atom stereocenters. The van der Waals surface area contributed by atoms with Crippen LogP contribution in [0.4, 0.5) is 0 Å². The van der Waals surface area contributed by atoms with Gasteiger partial charge in [0.2, 0.25) is 0 Å². The number of nitrogens with one attached hydrogen (secondary N) is 1. The minimum absolute atomic E-state index is 1.17. The largest absolute Gasteiger partial charge is 0.337 e. The molecule has 73 valence electrons. The summed E-state index contributed by atoms with van der Waals surface area (Å²) in [7, 11) is -1.31. The molecule has 1 nitrogen and oxygen atoms in total. The van der Waals surface area contributed by atoms with Crippen LogP contribution in [-0.2, 0) is 0 Å². The molecule has 1 saturated carbocycles. The minimum Gasteiger partial charge on any atom is -0.337 e. The molecule has 1 fully saturated rings. The van der Waals surface area contributed by atoms with Gasteiger partial charge in [0, 0.05) is 0 Å². The second kappa shape index (κ2) is 5.16. The van der Waals surface area contributed by atoms with Gasteiger partial charge in [-0.2, -0.15) is 0 Å². The molecule has 2 heteroatoms. The van der Waals surface area contributed by atoms with Crippen molar-refractivity contribution >= 4 is 8.24 Å². The highest BCUT2D eigenvalue weighted by molar-refractivity contribution is 6.81. The van der Waals surface area contributed by atoms with E-state index in [0.717, 1.165) is 0 Å². The van der Waals surface area contributed by atoms with Crippen molar-refractivity contribution in [3.8, 4) is 0 Å². The van der Waals surface area contributed by atoms with Crippen LogP contribution in [0.5, 0.6) is 0 Å². The maximum Gasteiger partial charge on any atom is 0.126 e. The Morgan fingerprint density at radius 1 is 1.23 bits per heavy atom. The van der Waals surface area contributed by atoms with Crippen LogP contribution in [0, 0.1) is 31.2 Å². The lowest BCUT2D eigenvalue weighted by Crippen LogP contribution is -2.50. The number of rotatable bonds is 5. The summed E-state index contributed by atoms with van der Waals surface area (Å²) in [6, 6.07) is 0. The Kier molecular flexibility index (Phi) is 4.46. The molecule has 13 heavy (non-hydrogen) atoms. The van der Waals surface area contributed by atoms with Crippen molar-refractivity contribution in [3.63, 3.8) is 0 Å². The number of hydrogen-bond donors (Lipinski definition) is 1. The van der Waals surface area contributed by atoms with Crippen LogP contribution >= 0.6 is 0 Å². The molecule has 1 N–H and O–H groups in total. The van der Waals surface area contributed by atoms with Gasteiger partial charge in [-0.3, -0.25) is 0 Å². The van der Waals surface area contributed by atoms with E-state index < -0.39 is 8.24 Å². The third-order valence-corrected chi connectivity index (χ3v) is 5.39. The van der Waals surface area contributed by atoms with E-state index in [1.54, 1.807) is 0 Å². The van der Waals surface area contributed by atoms with Crippen molar-refractivity contribution < 1.29 is 0 Å². The van der Waals surface area contributed by atoms with Crippen molar-refractivity contribution in [1.82, 2.24) is 4.98 Å². The van der Waals surface area contributed by atoms with Gasteiger partial charge < -0.3 is 4.98 Å². The molecule has 0 amide bonds. The van der Waals surface area contributed by atoms with Crippen molar-refractivity contribution in [2.75, 3.05) is 6.54 Å². The Bertz CT molecular complexity index is 139. The van der Waals surface area contributed by atoms with Crippen molar-refractivity contribution in [3.05, 3.63) is 31.2 Å². The average molecular weight is 194 g/mol. The lowest BCUT2D eigenvalue weighted by Gasteiger charge is -2.29. The summed E-state index contributed by atoms with van der Waals surface area (Å²) in [4.78, 5) is 3.70. The molecule has 0 aromatic rings. The zero-order chi connectivity index (χ0) is 9.73. The third-order valence-electron chi connectivity index (χ3n) is 2.48. The fourth-order valence-electron chi connectivity index (χ4n) is 1.47. The van der Waals surface area contributed by atoms with Crippen LogP contribution < -0.4 is 4.98 Å². The quantitative estimate of drug-likeness (QED) is 0.524. The Morgan fingerprint density at radius 3 is 2.38 bits per heavy atom. The Hall–Kier alpha value is 0.177. The topological polar surface area (TPSA) is 12.0 Å². The normalized spacial score (nSPS) is 19.6. The van der Waals surface area contributed by atoms with Crippen molar-refractivity contribution in [1.29, 1.82) is 0 Å². The molecular weight excluding hydrogens is 174 g/mol. The summed E-state index contributed by atoms with van der Waals surface area (Å²) in [6.07, 6.45) is 11.3. The fraction of sp³-hybridized carbons (Fsp3) is 0.545. The van der Waals surface area contributed by atoms with Crippen LogP contribution in [-0.4, -0.2) is 14.8 Å². The summed E-state index contributed by atoms with van der Waals surface area (Å²) in [5.41, 5.74) is 1.52. The van der Waals surface area contributed by atoms with Crippen LogP contribution in [0.15, 0.2) is 0 Å². The van der Waals surface area contributed by atoms with Gasteiger partial charge >= 0.3 is 0 Å². The predicted molar refractivity (Wildman–Crippen MR) is 60.8 cm³/mol. The first-order valence-electron chi connectivity index (χ1n) is 5.14. The highest BCUT2D eigenvalue weighted by Crippen LogP contribution is 2.30. The summed E-state index contributed by atoms with van der Waals surface area (Å²) in [6.45, 7) is 8.15. The van der Waals surface area contributed by atoms with E-state index >= 15 is 0 Å². The molecule has 0 saturated heterocycles. The highest BCUT2D eigenvalue weighted by atomic mass is 28.3. The van der Waals surface area contributed by atoms with Crippen LogP contribution in [0.25, 0.3) is 0 Å². The van der Waals surface area contributed by atoms with Gasteiger partial charge in [0.15, 0.2) is 0 Å². The molecule has 0 aliphatic heterocycles. The Balaban J connectivity index is 2.26. The summed E-state index contributed by atoms with van der Waals surface area (Å²) >= 11 is 0. The molecule has 0 bridgehead atoms. The zero-order valence-corrected chi connectivity index (χ0v) is 9.93. The van der Waals surface area contributed by atoms with Crippen molar-refractivity contribution in [2.24, 2.45) is 0 Å². The maximum atomic E-state index is 3.70. The molecule has 0 unspecified atom stereocenters. The van der Waals surface area contributed by atoms with Gasteiger partial charge in [0.05, 0.1) is 0 Å². The molecule has 1 aliphatic carbocycles. The number of hydrogen-bond acceptors (Lipinski definition) is 1. The van der Waals surface area contributed by atoms with E-state index in [9.17, 15) is 0 Å². The Morgan fingerprint density at radius 2 is 1.85 bits per heavy atom. The molecule has 0 aromatic heterocycles. The van der Waals surface area contributed by atoms with Crippen molar-refractivity contribution in [2.45, 2.75) is 32.9 Å². The molecule has 5 radical (unpaired) electrons. The third kappa shape index (κ3) is 3.43. The highest BCUT2D eigenvalue weighted by Gasteiger charge is 2.34. The first-order chi connectivity index (χ1) is 6.17. The predicted octanol–water partition coefficient (Wildman–Crippen LogP) is 2.53. The van der Waals surface area contributed by atoms with Crippen LogP contribution in [0.1, 0.15) is 19.8 Å². The second-order valence-electron chi connectivity index (χ2n) is 4.08. The molecular formula is C11H20NSi. The Labute approximate surface area is 84.4 Å². The first-order valence-corrected chi connectivity index (χ1v) is 8.14. The summed E-state index contributed by atoms with van der Waals surface area (Å²) in [5.74, 6) is 0. The molecule has 1 aliphatic rings. The molecule has 0 aromatic carbocycles. The van der Waals surface area contributed by atoms with Crippen LogP contribution in [0.3, 0.4) is 0 Å². The van der Waals surface area contributed by atoms with E-state index in [0.29, 0.717) is 0 Å². The van der Waals surface area contributed by atoms with Gasteiger partial charge in [0.1, 0.15) is 8.24 Å². The minimum atomic E-state index is -1.31. The first kappa shape index (κ1) is 11.3. The fourth-order valence-corrected chi connectivity index (χ4v) is 3.50. The number of unbranched alkanes of at least 4 members (excludes halogenated alkanes) is 1. The molecule has 0 heterocycles. The monoisotopic (exact) mass is 194 g/mol. The van der Waals surface area contributed by atoms with Gasteiger partial charge in [-0.1, -0.05) is 26.4 Å². The van der Waals surface area contributed by atoms with Gasteiger partial charge in [-0.15, -0.1) is 0 Å². The zero-order valence-electron chi connectivity index (χ0n) is 8.93. The molecule has 1 rings (SSSR count). The maximum absolute atomic E-state index is 3.70.